The molecule has 0 heterocycles. The molecule has 6 heteroatoms. The molecule has 1 unspecified atom stereocenters. The van der Waals surface area contributed by atoms with Gasteiger partial charge < -0.3 is 15.7 Å². The minimum atomic E-state index is -0.266. The van der Waals surface area contributed by atoms with Gasteiger partial charge in [-0.15, -0.1) is 0 Å². The number of nitrogens with zero attached hydrogens (tertiary/aromatic N) is 1. The average Bonchev–Trinajstić information content (AvgIpc) is 2.29. The third kappa shape index (κ3) is 3.68. The smallest absolute Gasteiger partial charge is 0.257 e. The van der Waals surface area contributed by atoms with Crippen molar-refractivity contribution in [2.75, 3.05) is 7.05 Å². The summed E-state index contributed by atoms with van der Waals surface area (Å²) in [4.78, 5) is 14.1. The molecule has 1 aromatic carbocycles. The fourth-order valence-electron chi connectivity index (χ4n) is 1.50. The number of rotatable bonds is 4. The number of nitrogens with two attached hydrogens (primary N) is 1. The molecule has 1 atom stereocenters. The van der Waals surface area contributed by atoms with Crippen LogP contribution in [0.1, 0.15) is 23.7 Å². The van der Waals surface area contributed by atoms with E-state index in [1.807, 2.05) is 6.92 Å². The minimum Gasteiger partial charge on any atom is -0.507 e. The second-order valence-electron chi connectivity index (χ2n) is 4.10. The molecule has 0 radical (unpaired) electrons. The highest BCUT2D eigenvalue weighted by Gasteiger charge is 2.20. The minimum absolute atomic E-state index is 0.0439. The third-order valence-corrected chi connectivity index (χ3v) is 3.33. The van der Waals surface area contributed by atoms with Gasteiger partial charge in [-0.05, 0) is 25.1 Å². The topological polar surface area (TPSA) is 66.6 Å². The summed E-state index contributed by atoms with van der Waals surface area (Å²) < 4.78 is 0.735. The molecule has 3 N–H and O–H groups in total. The third-order valence-electron chi connectivity index (χ3n) is 2.67. The highest BCUT2D eigenvalue weighted by Crippen LogP contribution is 2.23. The average molecular weight is 331 g/mol. The SMILES string of the molecule is CC(CC(N)=S)N(C)C(=O)c1cc(Br)ccc1O. The van der Waals surface area contributed by atoms with E-state index in [4.69, 9.17) is 18.0 Å². The molecule has 0 spiro atoms. The molecule has 4 nitrogen and oxygen atoms in total. The van der Waals surface area contributed by atoms with E-state index in [9.17, 15) is 9.90 Å². The lowest BCUT2D eigenvalue weighted by molar-refractivity contribution is 0.0745. The first-order chi connectivity index (χ1) is 8.32. The summed E-state index contributed by atoms with van der Waals surface area (Å²) in [6.45, 7) is 1.85. The van der Waals surface area contributed by atoms with Crippen molar-refractivity contribution in [2.24, 2.45) is 5.73 Å². The van der Waals surface area contributed by atoms with Crippen molar-refractivity contribution in [3.63, 3.8) is 0 Å². The van der Waals surface area contributed by atoms with Gasteiger partial charge in [-0.3, -0.25) is 4.79 Å². The van der Waals surface area contributed by atoms with E-state index >= 15 is 0 Å². The molecule has 0 saturated heterocycles. The molecule has 0 aliphatic heterocycles. The summed E-state index contributed by atoms with van der Waals surface area (Å²) in [6.07, 6.45) is 0.451. The Bertz CT molecular complexity index is 479. The highest BCUT2D eigenvalue weighted by molar-refractivity contribution is 9.10. The van der Waals surface area contributed by atoms with Crippen LogP contribution in [0.15, 0.2) is 22.7 Å². The lowest BCUT2D eigenvalue weighted by Gasteiger charge is -2.25. The zero-order valence-electron chi connectivity index (χ0n) is 10.2. The molecular weight excluding hydrogens is 316 g/mol. The Morgan fingerprint density at radius 1 is 1.61 bits per heavy atom. The molecule has 0 aliphatic rings. The predicted octanol–water partition coefficient (Wildman–Crippen LogP) is 2.29. The van der Waals surface area contributed by atoms with Crippen LogP contribution in [-0.2, 0) is 0 Å². The molecule has 98 valence electrons. The largest absolute Gasteiger partial charge is 0.507 e. The molecule has 0 fully saturated rings. The second-order valence-corrected chi connectivity index (χ2v) is 5.54. The first-order valence-electron chi connectivity index (χ1n) is 5.37. The first kappa shape index (κ1) is 14.9. The predicted molar refractivity (Wildman–Crippen MR) is 78.8 cm³/mol. The van der Waals surface area contributed by atoms with Gasteiger partial charge in [0.25, 0.3) is 5.91 Å². The van der Waals surface area contributed by atoms with E-state index < -0.39 is 0 Å². The van der Waals surface area contributed by atoms with Crippen LogP contribution in [0.5, 0.6) is 5.75 Å². The fraction of sp³-hybridized carbons (Fsp3) is 0.333. The van der Waals surface area contributed by atoms with Crippen LogP contribution in [0.2, 0.25) is 0 Å². The Labute approximate surface area is 120 Å². The number of carbonyl (C=O) groups excluding carboxylic acids is 1. The summed E-state index contributed by atoms with van der Waals surface area (Å²) in [5.41, 5.74) is 5.71. The summed E-state index contributed by atoms with van der Waals surface area (Å²) in [7, 11) is 1.66. The van der Waals surface area contributed by atoms with Crippen molar-refractivity contribution >= 4 is 39.0 Å². The Hall–Kier alpha value is -1.14. The number of aromatic hydroxyl groups is 1. The highest BCUT2D eigenvalue weighted by atomic mass is 79.9. The maximum absolute atomic E-state index is 12.2. The molecule has 0 bridgehead atoms. The number of halogens is 1. The van der Waals surface area contributed by atoms with Gasteiger partial charge >= 0.3 is 0 Å². The van der Waals surface area contributed by atoms with Crippen molar-refractivity contribution in [1.82, 2.24) is 4.90 Å². The molecular formula is C12H15BrN2O2S. The Balaban J connectivity index is 2.92. The normalized spacial score (nSPS) is 11.9. The molecule has 1 amide bonds. The fourth-order valence-corrected chi connectivity index (χ4v) is 2.10. The Kier molecular flexibility index (Phi) is 5.10. The van der Waals surface area contributed by atoms with Crippen molar-refractivity contribution in [3.05, 3.63) is 28.2 Å². The maximum Gasteiger partial charge on any atom is 0.257 e. The van der Waals surface area contributed by atoms with E-state index in [1.54, 1.807) is 19.2 Å². The van der Waals surface area contributed by atoms with Crippen LogP contribution in [0.4, 0.5) is 0 Å². The lowest BCUT2D eigenvalue weighted by atomic mass is 10.1. The van der Waals surface area contributed by atoms with Gasteiger partial charge in [0.05, 0.1) is 10.6 Å². The number of phenols is 1. The number of thiocarbonyl (C=S) groups is 1. The Morgan fingerprint density at radius 3 is 2.78 bits per heavy atom. The molecule has 0 aliphatic carbocycles. The molecule has 0 aromatic heterocycles. The van der Waals surface area contributed by atoms with E-state index in [0.717, 1.165) is 4.47 Å². The quantitative estimate of drug-likeness (QED) is 0.831. The number of phenolic OH excluding ortho intramolecular Hbond substituents is 1. The van der Waals surface area contributed by atoms with Gasteiger partial charge in [-0.1, -0.05) is 28.1 Å². The van der Waals surface area contributed by atoms with E-state index in [-0.39, 0.29) is 23.3 Å². The molecule has 18 heavy (non-hydrogen) atoms. The summed E-state index contributed by atoms with van der Waals surface area (Å²) in [5, 5.41) is 9.70. The van der Waals surface area contributed by atoms with Gasteiger partial charge in [-0.25, -0.2) is 0 Å². The second kappa shape index (κ2) is 6.15. The molecule has 1 rings (SSSR count). The van der Waals surface area contributed by atoms with E-state index in [1.165, 1.54) is 11.0 Å². The van der Waals surface area contributed by atoms with Crippen molar-refractivity contribution in [2.45, 2.75) is 19.4 Å². The molecule has 1 aromatic rings. The number of amides is 1. The van der Waals surface area contributed by atoms with E-state index in [2.05, 4.69) is 15.9 Å². The van der Waals surface area contributed by atoms with Crippen LogP contribution < -0.4 is 5.73 Å². The zero-order chi connectivity index (χ0) is 13.9. The van der Waals surface area contributed by atoms with Crippen molar-refractivity contribution in [3.8, 4) is 5.75 Å². The first-order valence-corrected chi connectivity index (χ1v) is 6.57. The van der Waals surface area contributed by atoms with Crippen LogP contribution in [0.3, 0.4) is 0 Å². The summed E-state index contributed by atoms with van der Waals surface area (Å²) in [5.74, 6) is -0.310. The van der Waals surface area contributed by atoms with Crippen LogP contribution >= 0.6 is 28.1 Å². The van der Waals surface area contributed by atoms with Crippen molar-refractivity contribution in [1.29, 1.82) is 0 Å². The zero-order valence-corrected chi connectivity index (χ0v) is 12.6. The van der Waals surface area contributed by atoms with Crippen LogP contribution in [0, 0.1) is 0 Å². The maximum atomic E-state index is 12.2. The number of hydrogen-bond acceptors (Lipinski definition) is 3. The van der Waals surface area contributed by atoms with Gasteiger partial charge in [0, 0.05) is 24.0 Å². The summed E-state index contributed by atoms with van der Waals surface area (Å²) >= 11 is 8.09. The van der Waals surface area contributed by atoms with E-state index in [0.29, 0.717) is 11.4 Å². The van der Waals surface area contributed by atoms with Crippen LogP contribution in [0.25, 0.3) is 0 Å². The van der Waals surface area contributed by atoms with Gasteiger partial charge in [0.2, 0.25) is 0 Å². The van der Waals surface area contributed by atoms with Gasteiger partial charge in [-0.2, -0.15) is 0 Å². The number of carbonyl (C=O) groups is 1. The summed E-state index contributed by atoms with van der Waals surface area (Å²) in [6, 6.07) is 4.61. The Morgan fingerprint density at radius 2 is 2.22 bits per heavy atom. The molecule has 0 saturated carbocycles. The van der Waals surface area contributed by atoms with Crippen LogP contribution in [-0.4, -0.2) is 34.0 Å². The number of hydrogen-bond donors (Lipinski definition) is 2. The van der Waals surface area contributed by atoms with Crippen molar-refractivity contribution < 1.29 is 9.90 Å². The van der Waals surface area contributed by atoms with Gasteiger partial charge in [0.1, 0.15) is 5.75 Å². The van der Waals surface area contributed by atoms with Gasteiger partial charge in [0.15, 0.2) is 0 Å². The monoisotopic (exact) mass is 330 g/mol. The standard InChI is InChI=1S/C12H15BrN2O2S/c1-7(5-11(14)18)15(2)12(17)9-6-8(13)3-4-10(9)16/h3-4,6-7,16H,5H2,1-2H3,(H2,14,18). The lowest BCUT2D eigenvalue weighted by Crippen LogP contribution is -2.37. The number of benzene rings is 1.